The first kappa shape index (κ1) is 18.9. The van der Waals surface area contributed by atoms with Gasteiger partial charge in [0.25, 0.3) is 0 Å². The van der Waals surface area contributed by atoms with Crippen molar-refractivity contribution >= 4 is 5.82 Å². The summed E-state index contributed by atoms with van der Waals surface area (Å²) in [5.41, 5.74) is 1.08. The average Bonchev–Trinajstić information content (AvgIpc) is 3.49. The average molecular weight is 407 g/mol. The molecule has 1 saturated heterocycles. The van der Waals surface area contributed by atoms with Gasteiger partial charge in [-0.3, -0.25) is 4.57 Å². The van der Waals surface area contributed by atoms with E-state index in [1.54, 1.807) is 12.5 Å². The quantitative estimate of drug-likeness (QED) is 0.620. The lowest BCUT2D eigenvalue weighted by molar-refractivity contribution is 0.0284. The summed E-state index contributed by atoms with van der Waals surface area (Å²) in [6, 6.07) is 8.20. The Morgan fingerprint density at radius 2 is 2.10 bits per heavy atom. The highest BCUT2D eigenvalue weighted by molar-refractivity contribution is 5.44. The van der Waals surface area contributed by atoms with Gasteiger partial charge in [0.05, 0.1) is 18.8 Å². The van der Waals surface area contributed by atoms with Crippen LogP contribution in [0.1, 0.15) is 31.7 Å². The van der Waals surface area contributed by atoms with Gasteiger partial charge in [0, 0.05) is 25.1 Å². The zero-order valence-corrected chi connectivity index (χ0v) is 17.0. The van der Waals surface area contributed by atoms with Crippen LogP contribution in [0, 0.1) is 0 Å². The molecule has 3 aromatic rings. The second-order valence-electron chi connectivity index (χ2n) is 7.65. The van der Waals surface area contributed by atoms with Crippen LogP contribution in [0.5, 0.6) is 11.5 Å². The molecule has 0 amide bonds. The topological polar surface area (TPSA) is 74.5 Å². The van der Waals surface area contributed by atoms with Crippen LogP contribution in [-0.4, -0.2) is 45.0 Å². The molecule has 2 atom stereocenters. The van der Waals surface area contributed by atoms with Crippen LogP contribution < -0.4 is 14.4 Å². The molecule has 0 aliphatic carbocycles. The molecule has 156 valence electrons. The third kappa shape index (κ3) is 3.82. The first-order valence-electron chi connectivity index (χ1n) is 10.4. The van der Waals surface area contributed by atoms with Crippen molar-refractivity contribution in [2.24, 2.45) is 0 Å². The molecule has 5 rings (SSSR count). The Morgan fingerprint density at radius 3 is 3.00 bits per heavy atom. The van der Waals surface area contributed by atoms with Gasteiger partial charge in [-0.25, -0.2) is 9.97 Å². The van der Waals surface area contributed by atoms with Crippen molar-refractivity contribution < 1.29 is 14.2 Å². The van der Waals surface area contributed by atoms with Crippen molar-refractivity contribution in [3.05, 3.63) is 54.7 Å². The maximum Gasteiger partial charge on any atom is 0.236 e. The minimum Gasteiger partial charge on any atom is -0.454 e. The van der Waals surface area contributed by atoms with Crippen molar-refractivity contribution in [3.63, 3.8) is 0 Å². The van der Waals surface area contributed by atoms with Gasteiger partial charge in [0.2, 0.25) is 12.7 Å². The zero-order valence-electron chi connectivity index (χ0n) is 17.0. The molecule has 0 radical (unpaired) electrons. The van der Waals surface area contributed by atoms with E-state index in [1.807, 2.05) is 41.2 Å². The molecule has 4 heterocycles. The molecule has 30 heavy (non-hydrogen) atoms. The largest absolute Gasteiger partial charge is 0.454 e. The van der Waals surface area contributed by atoms with Gasteiger partial charge in [0.1, 0.15) is 12.1 Å². The second kappa shape index (κ2) is 8.31. The highest BCUT2D eigenvalue weighted by Crippen LogP contribution is 2.33. The van der Waals surface area contributed by atoms with Gasteiger partial charge in [-0.1, -0.05) is 6.07 Å². The van der Waals surface area contributed by atoms with Crippen LogP contribution in [0.4, 0.5) is 5.82 Å². The Balaban J connectivity index is 1.29. The number of aromatic nitrogens is 4. The Bertz CT molecular complexity index is 994. The summed E-state index contributed by atoms with van der Waals surface area (Å²) in [5.74, 6) is 3.14. The van der Waals surface area contributed by atoms with E-state index in [1.165, 1.54) is 6.42 Å². The van der Waals surface area contributed by atoms with Crippen LogP contribution in [0.15, 0.2) is 49.2 Å². The number of hydrogen-bond acceptors (Lipinski definition) is 7. The highest BCUT2D eigenvalue weighted by Gasteiger charge is 2.29. The number of piperidine rings is 1. The molecule has 2 aromatic heterocycles. The van der Waals surface area contributed by atoms with Gasteiger partial charge in [0.15, 0.2) is 11.5 Å². The predicted octanol–water partition coefficient (Wildman–Crippen LogP) is 3.36. The monoisotopic (exact) mass is 407 g/mol. The maximum absolute atomic E-state index is 6.28. The van der Waals surface area contributed by atoms with E-state index in [0.29, 0.717) is 12.6 Å². The van der Waals surface area contributed by atoms with Crippen LogP contribution in [0.3, 0.4) is 0 Å². The predicted molar refractivity (Wildman–Crippen MR) is 111 cm³/mol. The molecular formula is C22H25N5O3. The van der Waals surface area contributed by atoms with Gasteiger partial charge in [-0.05, 0) is 49.9 Å². The first-order valence-corrected chi connectivity index (χ1v) is 10.4. The van der Waals surface area contributed by atoms with E-state index < -0.39 is 0 Å². The molecule has 0 N–H and O–H groups in total. The fraction of sp³-hybridized carbons (Fsp3) is 0.409. The Kier molecular flexibility index (Phi) is 5.23. The molecule has 0 saturated carbocycles. The highest BCUT2D eigenvalue weighted by atomic mass is 16.7. The number of nitrogens with zero attached hydrogens (tertiary/aromatic N) is 5. The maximum atomic E-state index is 6.28. The van der Waals surface area contributed by atoms with Crippen LogP contribution in [-0.2, 0) is 11.3 Å². The van der Waals surface area contributed by atoms with Crippen molar-refractivity contribution in [1.29, 1.82) is 0 Å². The molecular weight excluding hydrogens is 382 g/mol. The van der Waals surface area contributed by atoms with Crippen molar-refractivity contribution in [3.8, 4) is 17.4 Å². The van der Waals surface area contributed by atoms with Crippen molar-refractivity contribution in [1.82, 2.24) is 19.5 Å². The van der Waals surface area contributed by atoms with Gasteiger partial charge >= 0.3 is 0 Å². The van der Waals surface area contributed by atoms with E-state index in [4.69, 9.17) is 19.2 Å². The standard InChI is InChI=1S/C22H25N5O3/c1-16(28-13-17-5-6-19-20(12-17)30-15-29-19)18-4-2-3-10-27(18)21-7-8-24-22(25-21)26-11-9-23-14-26/h5-9,11-12,14,16,18H,2-4,10,13,15H2,1H3. The minimum absolute atomic E-state index is 0.0578. The summed E-state index contributed by atoms with van der Waals surface area (Å²) in [6.07, 6.45) is 10.6. The van der Waals surface area contributed by atoms with Crippen molar-refractivity contribution in [2.45, 2.75) is 44.9 Å². The van der Waals surface area contributed by atoms with E-state index >= 15 is 0 Å². The molecule has 8 nitrogen and oxygen atoms in total. The van der Waals surface area contributed by atoms with Crippen LogP contribution in [0.25, 0.3) is 5.95 Å². The summed E-state index contributed by atoms with van der Waals surface area (Å²) < 4.78 is 19.0. The molecule has 2 aliphatic rings. The smallest absolute Gasteiger partial charge is 0.236 e. The molecule has 8 heteroatoms. The second-order valence-corrected chi connectivity index (χ2v) is 7.65. The number of fused-ring (bicyclic) bond motifs is 1. The molecule has 2 aliphatic heterocycles. The SMILES string of the molecule is CC(OCc1ccc2c(c1)OCO2)C1CCCCN1c1ccnc(-n2ccnc2)n1. The van der Waals surface area contributed by atoms with E-state index in [0.717, 1.165) is 42.3 Å². The minimum atomic E-state index is 0.0578. The Labute approximate surface area is 175 Å². The van der Waals surface area contributed by atoms with Crippen LogP contribution in [0.2, 0.25) is 0 Å². The first-order chi connectivity index (χ1) is 14.8. The lowest BCUT2D eigenvalue weighted by Crippen LogP contribution is -2.47. The lowest BCUT2D eigenvalue weighted by atomic mass is 9.98. The summed E-state index contributed by atoms with van der Waals surface area (Å²) >= 11 is 0. The third-order valence-electron chi connectivity index (χ3n) is 5.70. The number of benzene rings is 1. The fourth-order valence-electron chi connectivity index (χ4n) is 4.10. The normalized spacial score (nSPS) is 19.1. The lowest BCUT2D eigenvalue weighted by Gasteiger charge is -2.40. The molecule has 1 aromatic carbocycles. The molecule has 1 fully saturated rings. The summed E-state index contributed by atoms with van der Waals surface area (Å²) in [4.78, 5) is 15.6. The van der Waals surface area contributed by atoms with Crippen LogP contribution >= 0.6 is 0 Å². The number of ether oxygens (including phenoxy) is 3. The number of anilines is 1. The summed E-state index contributed by atoms with van der Waals surface area (Å²) in [5, 5.41) is 0. The van der Waals surface area contributed by atoms with E-state index in [2.05, 4.69) is 21.8 Å². The fourth-order valence-corrected chi connectivity index (χ4v) is 4.10. The van der Waals surface area contributed by atoms with Gasteiger partial charge in [-0.2, -0.15) is 4.98 Å². The van der Waals surface area contributed by atoms with E-state index in [-0.39, 0.29) is 18.9 Å². The number of imidazole rings is 1. The Morgan fingerprint density at radius 1 is 1.17 bits per heavy atom. The zero-order chi connectivity index (χ0) is 20.3. The van der Waals surface area contributed by atoms with E-state index in [9.17, 15) is 0 Å². The van der Waals surface area contributed by atoms with Gasteiger partial charge < -0.3 is 19.1 Å². The number of rotatable bonds is 6. The molecule has 2 unspecified atom stereocenters. The molecule has 0 spiro atoms. The summed E-state index contributed by atoms with van der Waals surface area (Å²) in [6.45, 7) is 3.93. The third-order valence-corrected chi connectivity index (χ3v) is 5.70. The van der Waals surface area contributed by atoms with Crippen molar-refractivity contribution in [2.75, 3.05) is 18.2 Å². The Hall–Kier alpha value is -3.13. The summed E-state index contributed by atoms with van der Waals surface area (Å²) in [7, 11) is 0. The number of hydrogen-bond donors (Lipinski definition) is 0. The van der Waals surface area contributed by atoms with Gasteiger partial charge in [-0.15, -0.1) is 0 Å². The molecule has 0 bridgehead atoms.